The molecule has 2 aromatic carbocycles. The van der Waals surface area contributed by atoms with Crippen LogP contribution >= 0.6 is 0 Å². The standard InChI is InChI=1S/C9H9NO.C8H10.2C3H8.2C2H6/c1-7-4-3-5-8(2)9(7)6-10-11;1-7-4-3-5-8(2)6-7;2*1-3-2;2*1-2/h3-5H,1-2H3;3-6H,1-2H3;2*3H2,1-2H3;2*1-2H3. The summed E-state index contributed by atoms with van der Waals surface area (Å²) in [4.78, 5) is 0. The van der Waals surface area contributed by atoms with Crippen LogP contribution in [0.1, 0.15) is 96.0 Å². The second-order valence-electron chi connectivity index (χ2n) is 6.04. The Bertz CT molecular complexity index is 597. The largest absolute Gasteiger partial charge is 0.498 e. The monoisotopic (exact) mass is 401 g/mol. The fraction of sp³-hybridized carbons (Fsp3) is 0.519. The van der Waals surface area contributed by atoms with Gasteiger partial charge < -0.3 is 5.21 Å². The van der Waals surface area contributed by atoms with E-state index < -0.39 is 0 Å². The van der Waals surface area contributed by atoms with Crippen LogP contribution in [0.25, 0.3) is 5.01 Å². The highest BCUT2D eigenvalue weighted by Gasteiger charge is 2.02. The van der Waals surface area contributed by atoms with Crippen molar-refractivity contribution in [2.45, 2.75) is 95.9 Å². The van der Waals surface area contributed by atoms with Crippen LogP contribution in [0.15, 0.2) is 42.5 Å². The van der Waals surface area contributed by atoms with Crippen molar-refractivity contribution in [2.24, 2.45) is 0 Å². The van der Waals surface area contributed by atoms with Crippen LogP contribution in [-0.4, -0.2) is 0 Å². The minimum atomic E-state index is 0.808. The Morgan fingerprint density at radius 2 is 1.00 bits per heavy atom. The number of nitrogens with zero attached hydrogens (tertiary/aromatic N) is 1. The van der Waals surface area contributed by atoms with Gasteiger partial charge in [0.05, 0.1) is 0 Å². The number of aryl methyl sites for hydroxylation is 4. The summed E-state index contributed by atoms with van der Waals surface area (Å²) in [6.07, 6.45) is 2.50. The van der Waals surface area contributed by atoms with E-state index in [2.05, 4.69) is 76.9 Å². The molecule has 0 aromatic heterocycles. The first kappa shape index (κ1) is 34.3. The third-order valence-corrected chi connectivity index (χ3v) is 2.81. The molecule has 0 atom stereocenters. The molecule has 0 N–H and O–H groups in total. The van der Waals surface area contributed by atoms with Crippen molar-refractivity contribution in [2.75, 3.05) is 0 Å². The molecule has 0 saturated carbocycles. The third kappa shape index (κ3) is 23.7. The van der Waals surface area contributed by atoms with Crippen molar-refractivity contribution in [1.29, 1.82) is 0 Å². The van der Waals surface area contributed by atoms with Gasteiger partial charge in [-0.3, -0.25) is 0 Å². The van der Waals surface area contributed by atoms with Crippen LogP contribution in [-0.2, 0) is 0 Å². The van der Waals surface area contributed by atoms with E-state index in [1.807, 2.05) is 59.7 Å². The van der Waals surface area contributed by atoms with Crippen molar-refractivity contribution < 1.29 is 0 Å². The van der Waals surface area contributed by atoms with Gasteiger partial charge in [-0.15, -0.1) is 0 Å². The zero-order valence-electron chi connectivity index (χ0n) is 21.3. The molecular weight excluding hydrogens is 354 g/mol. The summed E-state index contributed by atoms with van der Waals surface area (Å²) in [5, 5.41) is 12.5. The first-order valence-electron chi connectivity index (χ1n) is 11.0. The van der Waals surface area contributed by atoms with E-state index >= 15 is 0 Å². The normalized spacial score (nSPS) is 7.45. The zero-order chi connectivity index (χ0) is 23.7. The van der Waals surface area contributed by atoms with Crippen LogP contribution in [0.3, 0.4) is 0 Å². The smallest absolute Gasteiger partial charge is 0.337 e. The average Bonchev–Trinajstić information content (AvgIpc) is 2.70. The Hall–Kier alpha value is -2.27. The van der Waals surface area contributed by atoms with Crippen LogP contribution < -0.4 is 0 Å². The molecule has 166 valence electrons. The van der Waals surface area contributed by atoms with Crippen molar-refractivity contribution in [3.8, 4) is 6.07 Å². The van der Waals surface area contributed by atoms with E-state index in [-0.39, 0.29) is 0 Å². The second-order valence-corrected chi connectivity index (χ2v) is 6.04. The fourth-order valence-electron chi connectivity index (χ4n) is 1.84. The highest BCUT2D eigenvalue weighted by atomic mass is 16.4. The van der Waals surface area contributed by atoms with Gasteiger partial charge in [0.1, 0.15) is 5.56 Å². The third-order valence-electron chi connectivity index (χ3n) is 2.81. The van der Waals surface area contributed by atoms with Crippen LogP contribution in [0.5, 0.6) is 0 Å². The van der Waals surface area contributed by atoms with E-state index in [0.29, 0.717) is 0 Å². The molecule has 0 fully saturated rings. The molecule has 0 spiro atoms. The van der Waals surface area contributed by atoms with Crippen molar-refractivity contribution in [3.05, 3.63) is 80.5 Å². The van der Waals surface area contributed by atoms with Gasteiger partial charge in [0.25, 0.3) is 0 Å². The molecule has 0 heterocycles. The topological polar surface area (TPSA) is 27.4 Å². The van der Waals surface area contributed by atoms with Crippen molar-refractivity contribution >= 4 is 0 Å². The van der Waals surface area contributed by atoms with Crippen LogP contribution in [0.4, 0.5) is 0 Å². The molecule has 2 aromatic rings. The number of benzene rings is 2. The van der Waals surface area contributed by atoms with E-state index in [1.54, 1.807) is 0 Å². The molecule has 2 heteroatoms. The average molecular weight is 402 g/mol. The van der Waals surface area contributed by atoms with E-state index in [9.17, 15) is 5.21 Å². The van der Waals surface area contributed by atoms with Crippen LogP contribution in [0, 0.1) is 39.0 Å². The minimum Gasteiger partial charge on any atom is -0.498 e. The van der Waals surface area contributed by atoms with Crippen molar-refractivity contribution in [1.82, 2.24) is 0 Å². The molecule has 0 bridgehead atoms. The zero-order valence-corrected chi connectivity index (χ0v) is 21.3. The van der Waals surface area contributed by atoms with Gasteiger partial charge in [0.2, 0.25) is 0 Å². The summed E-state index contributed by atoms with van der Waals surface area (Å²) in [6, 6.07) is 16.7. The fourth-order valence-corrected chi connectivity index (χ4v) is 1.84. The summed E-state index contributed by atoms with van der Waals surface area (Å²) < 4.78 is 0. The molecule has 0 unspecified atom stereocenters. The predicted molar refractivity (Wildman–Crippen MR) is 136 cm³/mol. The van der Waals surface area contributed by atoms with Gasteiger partial charge in [0.15, 0.2) is 0 Å². The highest BCUT2D eigenvalue weighted by molar-refractivity contribution is 5.44. The number of hydrogen-bond donors (Lipinski definition) is 0. The molecule has 2 rings (SSSR count). The van der Waals surface area contributed by atoms with E-state index in [0.717, 1.165) is 16.7 Å². The lowest BCUT2D eigenvalue weighted by molar-refractivity contribution is 1.09. The van der Waals surface area contributed by atoms with Gasteiger partial charge in [-0.25, -0.2) is 0 Å². The Balaban J connectivity index is -0.000000152. The summed E-state index contributed by atoms with van der Waals surface area (Å²) in [5.41, 5.74) is 5.55. The summed E-state index contributed by atoms with van der Waals surface area (Å²) in [6.45, 7) is 24.6. The van der Waals surface area contributed by atoms with E-state index in [1.165, 1.54) is 24.0 Å². The van der Waals surface area contributed by atoms with Crippen molar-refractivity contribution in [3.63, 3.8) is 0 Å². The van der Waals surface area contributed by atoms with Gasteiger partial charge in [-0.2, -0.15) is 0 Å². The Morgan fingerprint density at radius 1 is 0.690 bits per heavy atom. The SMILES string of the molecule is CC.CC.CCC.CCC.Cc1cccc(C)c1.Cc1cccc(C)c1C#[N+][O-]. The molecule has 2 nitrogen and oxygen atoms in total. The molecule has 0 aliphatic heterocycles. The molecule has 0 saturated heterocycles. The maximum atomic E-state index is 9.92. The van der Waals surface area contributed by atoms with Gasteiger partial charge >= 0.3 is 6.07 Å². The lowest BCUT2D eigenvalue weighted by atomic mass is 10.0. The number of rotatable bonds is 0. The molecular formula is C27H47NO. The highest BCUT2D eigenvalue weighted by Crippen LogP contribution is 2.11. The lowest BCUT2D eigenvalue weighted by Crippen LogP contribution is -1.85. The Labute approximate surface area is 182 Å². The molecule has 0 radical (unpaired) electrons. The second kappa shape index (κ2) is 27.9. The van der Waals surface area contributed by atoms with Gasteiger partial charge in [-0.1, -0.05) is 122 Å². The summed E-state index contributed by atoms with van der Waals surface area (Å²) in [5.74, 6) is 0. The first-order chi connectivity index (χ1) is 13.9. The summed E-state index contributed by atoms with van der Waals surface area (Å²) >= 11 is 0. The maximum absolute atomic E-state index is 9.92. The number of hydrogen-bond acceptors (Lipinski definition) is 1. The molecule has 29 heavy (non-hydrogen) atoms. The quantitative estimate of drug-likeness (QED) is 0.404. The Morgan fingerprint density at radius 3 is 1.24 bits per heavy atom. The minimum absolute atomic E-state index is 0.808. The van der Waals surface area contributed by atoms with Crippen LogP contribution in [0.2, 0.25) is 0 Å². The predicted octanol–water partition coefficient (Wildman–Crippen LogP) is 9.67. The molecule has 0 aliphatic carbocycles. The molecule has 0 amide bonds. The first-order valence-corrected chi connectivity index (χ1v) is 11.0. The summed E-state index contributed by atoms with van der Waals surface area (Å²) in [7, 11) is 0. The van der Waals surface area contributed by atoms with Gasteiger partial charge in [-0.05, 0) is 38.8 Å². The Kier molecular flexibility index (Phi) is 33.0. The maximum Gasteiger partial charge on any atom is 0.337 e. The van der Waals surface area contributed by atoms with E-state index in [4.69, 9.17) is 0 Å². The van der Waals surface area contributed by atoms with Gasteiger partial charge in [0, 0.05) is 5.01 Å². The lowest BCUT2D eigenvalue weighted by Gasteiger charge is -1.95. The molecule has 0 aliphatic rings.